The van der Waals surface area contributed by atoms with Crippen molar-refractivity contribution in [1.82, 2.24) is 4.98 Å². The van der Waals surface area contributed by atoms with Gasteiger partial charge >= 0.3 is 0 Å². The summed E-state index contributed by atoms with van der Waals surface area (Å²) in [6.07, 6.45) is 1.76. The average Bonchev–Trinajstić information content (AvgIpc) is 2.56. The third-order valence-corrected chi connectivity index (χ3v) is 3.13. The van der Waals surface area contributed by atoms with Gasteiger partial charge in [-0.05, 0) is 47.5 Å². The van der Waals surface area contributed by atoms with Gasteiger partial charge in [0.2, 0.25) is 0 Å². The first-order valence-electron chi connectivity index (χ1n) is 6.64. The van der Waals surface area contributed by atoms with Crippen molar-refractivity contribution in [1.29, 1.82) is 5.26 Å². The van der Waals surface area contributed by atoms with E-state index in [4.69, 9.17) is 5.26 Å². The lowest BCUT2D eigenvalue weighted by molar-refractivity contribution is 1.31. The highest BCUT2D eigenvalue weighted by atomic mass is 15.0. The summed E-state index contributed by atoms with van der Waals surface area (Å²) >= 11 is 0. The summed E-state index contributed by atoms with van der Waals surface area (Å²) in [5.74, 6) is 0.779. The van der Waals surface area contributed by atoms with E-state index in [2.05, 4.69) is 16.4 Å². The van der Waals surface area contributed by atoms with Gasteiger partial charge in [-0.1, -0.05) is 30.3 Å². The normalized spacial score (nSPS) is 9.86. The predicted octanol–water partition coefficient (Wildman–Crippen LogP) is 4.36. The third-order valence-electron chi connectivity index (χ3n) is 3.13. The second kappa shape index (κ2) is 5.89. The van der Waals surface area contributed by atoms with E-state index in [-0.39, 0.29) is 0 Å². The van der Waals surface area contributed by atoms with E-state index in [0.717, 1.165) is 22.6 Å². The third kappa shape index (κ3) is 3.07. The molecule has 0 unspecified atom stereocenters. The van der Waals surface area contributed by atoms with Crippen LogP contribution in [-0.2, 0) is 0 Å². The number of nitriles is 1. The summed E-state index contributed by atoms with van der Waals surface area (Å²) in [6, 6.07) is 23.5. The Labute approximate surface area is 123 Å². The van der Waals surface area contributed by atoms with Gasteiger partial charge in [-0.3, -0.25) is 0 Å². The molecule has 3 rings (SSSR count). The molecule has 0 aliphatic heterocycles. The number of hydrogen-bond donors (Lipinski definition) is 1. The molecule has 0 amide bonds. The lowest BCUT2D eigenvalue weighted by atomic mass is 10.0. The fraction of sp³-hybridized carbons (Fsp3) is 0. The van der Waals surface area contributed by atoms with Gasteiger partial charge in [0, 0.05) is 11.9 Å². The number of nitrogens with one attached hydrogen (secondary N) is 1. The van der Waals surface area contributed by atoms with Crippen LogP contribution in [0.1, 0.15) is 5.56 Å². The molecule has 0 saturated heterocycles. The van der Waals surface area contributed by atoms with Crippen molar-refractivity contribution in [3.63, 3.8) is 0 Å². The highest BCUT2D eigenvalue weighted by molar-refractivity contribution is 5.69. The first-order valence-corrected chi connectivity index (χ1v) is 6.64. The summed E-state index contributed by atoms with van der Waals surface area (Å²) in [6.45, 7) is 0. The van der Waals surface area contributed by atoms with E-state index >= 15 is 0 Å². The molecule has 0 radical (unpaired) electrons. The van der Waals surface area contributed by atoms with E-state index in [0.29, 0.717) is 5.56 Å². The van der Waals surface area contributed by atoms with Gasteiger partial charge in [-0.2, -0.15) is 5.26 Å². The summed E-state index contributed by atoms with van der Waals surface area (Å²) in [5.41, 5.74) is 3.68. The van der Waals surface area contributed by atoms with Crippen LogP contribution in [0.2, 0.25) is 0 Å². The van der Waals surface area contributed by atoms with Gasteiger partial charge in [-0.25, -0.2) is 4.98 Å². The maximum atomic E-state index is 8.98. The molecule has 1 heterocycles. The molecule has 3 nitrogen and oxygen atoms in total. The molecular weight excluding hydrogens is 258 g/mol. The van der Waals surface area contributed by atoms with Gasteiger partial charge in [0.25, 0.3) is 0 Å². The highest BCUT2D eigenvalue weighted by Gasteiger charge is 2.02. The Kier molecular flexibility index (Phi) is 3.62. The van der Waals surface area contributed by atoms with Gasteiger partial charge in [-0.15, -0.1) is 0 Å². The Balaban J connectivity index is 1.91. The Morgan fingerprint density at radius 1 is 0.857 bits per heavy atom. The molecule has 0 aliphatic carbocycles. The van der Waals surface area contributed by atoms with Crippen LogP contribution in [0, 0.1) is 11.3 Å². The number of aromatic nitrogens is 1. The molecule has 0 saturated carbocycles. The topological polar surface area (TPSA) is 48.7 Å². The van der Waals surface area contributed by atoms with Crippen molar-refractivity contribution < 1.29 is 0 Å². The van der Waals surface area contributed by atoms with E-state index in [9.17, 15) is 0 Å². The molecule has 3 heteroatoms. The molecule has 100 valence electrons. The standard InChI is InChI=1S/C18H13N3/c19-13-14-5-4-6-15(11-14)16-9-10-20-18(12-16)21-17-7-2-1-3-8-17/h1-12H,(H,20,21). The average molecular weight is 271 g/mol. The molecule has 0 bridgehead atoms. The van der Waals surface area contributed by atoms with Crippen LogP contribution in [-0.4, -0.2) is 4.98 Å². The zero-order valence-corrected chi connectivity index (χ0v) is 11.3. The highest BCUT2D eigenvalue weighted by Crippen LogP contribution is 2.23. The summed E-state index contributed by atoms with van der Waals surface area (Å²) in [5, 5.41) is 12.3. The first-order chi connectivity index (χ1) is 10.3. The Hall–Kier alpha value is -3.12. The van der Waals surface area contributed by atoms with Crippen LogP contribution >= 0.6 is 0 Å². The molecule has 2 aromatic carbocycles. The maximum absolute atomic E-state index is 8.98. The smallest absolute Gasteiger partial charge is 0.130 e. The number of anilines is 2. The van der Waals surface area contributed by atoms with Crippen molar-refractivity contribution in [2.24, 2.45) is 0 Å². The minimum absolute atomic E-state index is 0.655. The van der Waals surface area contributed by atoms with Crippen molar-refractivity contribution in [2.75, 3.05) is 5.32 Å². The predicted molar refractivity (Wildman–Crippen MR) is 84.1 cm³/mol. The molecular formula is C18H13N3. The van der Waals surface area contributed by atoms with Crippen LogP contribution in [0.15, 0.2) is 72.9 Å². The van der Waals surface area contributed by atoms with E-state index in [1.54, 1.807) is 12.3 Å². The van der Waals surface area contributed by atoms with Crippen LogP contribution in [0.25, 0.3) is 11.1 Å². The van der Waals surface area contributed by atoms with Gasteiger partial charge < -0.3 is 5.32 Å². The van der Waals surface area contributed by atoms with E-state index < -0.39 is 0 Å². The number of pyridine rings is 1. The molecule has 0 aliphatic rings. The van der Waals surface area contributed by atoms with Gasteiger partial charge in [0.05, 0.1) is 11.6 Å². The largest absolute Gasteiger partial charge is 0.340 e. The van der Waals surface area contributed by atoms with Crippen LogP contribution in [0.5, 0.6) is 0 Å². The number of nitrogens with zero attached hydrogens (tertiary/aromatic N) is 2. The second-order valence-electron chi connectivity index (χ2n) is 4.61. The summed E-state index contributed by atoms with van der Waals surface area (Å²) < 4.78 is 0. The number of rotatable bonds is 3. The van der Waals surface area contributed by atoms with Crippen LogP contribution in [0.4, 0.5) is 11.5 Å². The maximum Gasteiger partial charge on any atom is 0.130 e. The van der Waals surface area contributed by atoms with E-state index in [1.165, 1.54) is 0 Å². The van der Waals surface area contributed by atoms with E-state index in [1.807, 2.05) is 60.7 Å². The molecule has 0 atom stereocenters. The summed E-state index contributed by atoms with van der Waals surface area (Å²) in [7, 11) is 0. The van der Waals surface area contributed by atoms with Gasteiger partial charge in [0.15, 0.2) is 0 Å². The van der Waals surface area contributed by atoms with Crippen molar-refractivity contribution in [2.45, 2.75) is 0 Å². The van der Waals surface area contributed by atoms with Crippen LogP contribution < -0.4 is 5.32 Å². The Morgan fingerprint density at radius 2 is 1.67 bits per heavy atom. The SMILES string of the molecule is N#Cc1cccc(-c2ccnc(Nc3ccccc3)c2)c1. The lowest BCUT2D eigenvalue weighted by Gasteiger charge is -2.07. The molecule has 3 aromatic rings. The molecule has 1 aromatic heterocycles. The molecule has 0 fully saturated rings. The fourth-order valence-electron chi connectivity index (χ4n) is 2.12. The zero-order valence-electron chi connectivity index (χ0n) is 11.3. The Morgan fingerprint density at radius 3 is 2.48 bits per heavy atom. The molecule has 21 heavy (non-hydrogen) atoms. The van der Waals surface area contributed by atoms with Crippen molar-refractivity contribution >= 4 is 11.5 Å². The van der Waals surface area contributed by atoms with Crippen molar-refractivity contribution in [3.05, 3.63) is 78.5 Å². The fourth-order valence-corrected chi connectivity index (χ4v) is 2.12. The minimum Gasteiger partial charge on any atom is -0.340 e. The number of hydrogen-bond acceptors (Lipinski definition) is 3. The summed E-state index contributed by atoms with van der Waals surface area (Å²) in [4.78, 5) is 4.33. The molecule has 0 spiro atoms. The minimum atomic E-state index is 0.655. The molecule has 1 N–H and O–H groups in total. The Bertz CT molecular complexity index is 789. The lowest BCUT2D eigenvalue weighted by Crippen LogP contribution is -1.93. The quantitative estimate of drug-likeness (QED) is 0.769. The monoisotopic (exact) mass is 271 g/mol. The van der Waals surface area contributed by atoms with Gasteiger partial charge in [0.1, 0.15) is 5.82 Å². The number of benzene rings is 2. The zero-order chi connectivity index (χ0) is 14.5. The van der Waals surface area contributed by atoms with Crippen LogP contribution in [0.3, 0.4) is 0 Å². The second-order valence-corrected chi connectivity index (χ2v) is 4.61. The number of para-hydroxylation sites is 1. The first kappa shape index (κ1) is 12.9. The van der Waals surface area contributed by atoms with Crippen molar-refractivity contribution in [3.8, 4) is 17.2 Å².